The van der Waals surface area contributed by atoms with Gasteiger partial charge in [-0.3, -0.25) is 9.10 Å². The second kappa shape index (κ2) is 9.65. The summed E-state index contributed by atoms with van der Waals surface area (Å²) < 4.78 is 28.0. The minimum atomic E-state index is -3.98. The molecule has 0 atom stereocenters. The Balaban J connectivity index is 1.59. The number of benzene rings is 4. The van der Waals surface area contributed by atoms with Crippen LogP contribution in [0.2, 0.25) is 5.02 Å². The van der Waals surface area contributed by atoms with Crippen LogP contribution in [-0.4, -0.2) is 20.9 Å². The third kappa shape index (κ3) is 5.18. The van der Waals surface area contributed by atoms with Gasteiger partial charge in [0.1, 0.15) is 6.54 Å². The van der Waals surface area contributed by atoms with Crippen molar-refractivity contribution in [1.82, 2.24) is 5.32 Å². The van der Waals surface area contributed by atoms with Crippen LogP contribution >= 0.6 is 11.6 Å². The van der Waals surface area contributed by atoms with Gasteiger partial charge < -0.3 is 5.32 Å². The van der Waals surface area contributed by atoms with Crippen LogP contribution in [0, 0.1) is 6.92 Å². The molecule has 0 fully saturated rings. The summed E-state index contributed by atoms with van der Waals surface area (Å²) in [6.07, 6.45) is 0. The minimum Gasteiger partial charge on any atom is -0.350 e. The SMILES string of the molecule is Cc1ccc(N(CC(=O)NCc2cccc3ccccc23)S(=O)(=O)c2ccc(Cl)cc2)cc1. The smallest absolute Gasteiger partial charge is 0.264 e. The molecule has 0 bridgehead atoms. The molecule has 0 aliphatic heterocycles. The van der Waals surface area contributed by atoms with Crippen LogP contribution < -0.4 is 9.62 Å². The van der Waals surface area contributed by atoms with Gasteiger partial charge in [-0.15, -0.1) is 0 Å². The number of carbonyl (C=O) groups excluding carboxylic acids is 1. The summed E-state index contributed by atoms with van der Waals surface area (Å²) in [5, 5.41) is 5.43. The van der Waals surface area contributed by atoms with Gasteiger partial charge in [-0.05, 0) is 59.7 Å². The van der Waals surface area contributed by atoms with E-state index in [2.05, 4.69) is 5.32 Å². The summed E-state index contributed by atoms with van der Waals surface area (Å²) in [6, 6.07) is 26.8. The fourth-order valence-electron chi connectivity index (χ4n) is 3.59. The van der Waals surface area contributed by atoms with Crippen LogP contribution in [0.1, 0.15) is 11.1 Å². The molecule has 4 aromatic rings. The largest absolute Gasteiger partial charge is 0.350 e. The Kier molecular flexibility index (Phi) is 6.67. The highest BCUT2D eigenvalue weighted by atomic mass is 35.5. The van der Waals surface area contributed by atoms with E-state index in [1.807, 2.05) is 61.5 Å². The lowest BCUT2D eigenvalue weighted by molar-refractivity contribution is -0.119. The van der Waals surface area contributed by atoms with Gasteiger partial charge in [0.2, 0.25) is 5.91 Å². The molecule has 0 aliphatic rings. The fourth-order valence-corrected chi connectivity index (χ4v) is 5.13. The Morgan fingerprint density at radius 3 is 2.27 bits per heavy atom. The molecule has 33 heavy (non-hydrogen) atoms. The van der Waals surface area contributed by atoms with Crippen molar-refractivity contribution in [1.29, 1.82) is 0 Å². The average Bonchev–Trinajstić information content (AvgIpc) is 2.82. The number of carbonyl (C=O) groups is 1. The first kappa shape index (κ1) is 22.8. The molecule has 168 valence electrons. The maximum Gasteiger partial charge on any atom is 0.264 e. The number of nitrogens with one attached hydrogen (secondary N) is 1. The summed E-state index contributed by atoms with van der Waals surface area (Å²) in [5.41, 5.74) is 2.36. The van der Waals surface area contributed by atoms with E-state index in [1.54, 1.807) is 12.1 Å². The number of anilines is 1. The normalized spacial score (nSPS) is 11.3. The van der Waals surface area contributed by atoms with Gasteiger partial charge in [0.15, 0.2) is 0 Å². The van der Waals surface area contributed by atoms with Gasteiger partial charge in [0.25, 0.3) is 10.0 Å². The van der Waals surface area contributed by atoms with Crippen LogP contribution in [0.25, 0.3) is 10.8 Å². The topological polar surface area (TPSA) is 66.5 Å². The van der Waals surface area contributed by atoms with E-state index in [-0.39, 0.29) is 11.4 Å². The standard InChI is InChI=1S/C26H23ClN2O3S/c1-19-9-13-23(14-10-19)29(33(31,32)24-15-11-22(27)12-16-24)18-26(30)28-17-21-7-4-6-20-5-2-3-8-25(20)21/h2-16H,17-18H2,1H3,(H,28,30). The first-order valence-electron chi connectivity index (χ1n) is 10.4. The van der Waals surface area contributed by atoms with E-state index in [4.69, 9.17) is 11.6 Å². The summed E-state index contributed by atoms with van der Waals surface area (Å²) in [5.74, 6) is -0.402. The molecular formula is C26H23ClN2O3S. The first-order chi connectivity index (χ1) is 15.8. The maximum atomic E-state index is 13.4. The number of sulfonamides is 1. The fraction of sp³-hybridized carbons (Fsp3) is 0.115. The minimum absolute atomic E-state index is 0.0642. The molecule has 5 nitrogen and oxygen atoms in total. The molecule has 0 aromatic heterocycles. The third-order valence-electron chi connectivity index (χ3n) is 5.37. The lowest BCUT2D eigenvalue weighted by atomic mass is 10.0. The number of aryl methyl sites for hydroxylation is 1. The number of amides is 1. The zero-order chi connectivity index (χ0) is 23.4. The molecule has 0 saturated heterocycles. The van der Waals surface area contributed by atoms with Crippen molar-refractivity contribution in [3.8, 4) is 0 Å². The molecule has 0 unspecified atom stereocenters. The van der Waals surface area contributed by atoms with E-state index >= 15 is 0 Å². The van der Waals surface area contributed by atoms with E-state index in [9.17, 15) is 13.2 Å². The van der Waals surface area contributed by atoms with Crippen molar-refractivity contribution in [3.63, 3.8) is 0 Å². The van der Waals surface area contributed by atoms with Gasteiger partial charge in [0.05, 0.1) is 10.6 Å². The molecule has 1 amide bonds. The lowest BCUT2D eigenvalue weighted by Crippen LogP contribution is -2.40. The highest BCUT2D eigenvalue weighted by Gasteiger charge is 2.27. The van der Waals surface area contributed by atoms with Crippen molar-refractivity contribution in [2.45, 2.75) is 18.4 Å². The van der Waals surface area contributed by atoms with Crippen LogP contribution in [0.3, 0.4) is 0 Å². The van der Waals surface area contributed by atoms with E-state index in [0.29, 0.717) is 17.3 Å². The Bertz CT molecular complexity index is 1380. The average molecular weight is 479 g/mol. The van der Waals surface area contributed by atoms with Crippen molar-refractivity contribution in [3.05, 3.63) is 107 Å². The molecule has 7 heteroatoms. The zero-order valence-corrected chi connectivity index (χ0v) is 19.6. The quantitative estimate of drug-likeness (QED) is 0.391. The number of hydrogen-bond donors (Lipinski definition) is 1. The van der Waals surface area contributed by atoms with Crippen molar-refractivity contribution >= 4 is 44.0 Å². The second-order valence-electron chi connectivity index (χ2n) is 7.72. The van der Waals surface area contributed by atoms with Crippen LogP contribution in [0.4, 0.5) is 5.69 Å². The molecule has 0 aliphatic carbocycles. The number of rotatable bonds is 7. The molecule has 0 radical (unpaired) electrons. The maximum absolute atomic E-state index is 13.4. The summed E-state index contributed by atoms with van der Waals surface area (Å²) in [7, 11) is -3.98. The highest BCUT2D eigenvalue weighted by molar-refractivity contribution is 7.92. The Morgan fingerprint density at radius 2 is 1.55 bits per heavy atom. The Hall–Kier alpha value is -3.35. The number of hydrogen-bond acceptors (Lipinski definition) is 3. The predicted molar refractivity (Wildman–Crippen MR) is 133 cm³/mol. The van der Waals surface area contributed by atoms with E-state index in [0.717, 1.165) is 26.2 Å². The molecular weight excluding hydrogens is 456 g/mol. The third-order valence-corrected chi connectivity index (χ3v) is 7.41. The van der Waals surface area contributed by atoms with Crippen molar-refractivity contribution in [2.75, 3.05) is 10.8 Å². The zero-order valence-electron chi connectivity index (χ0n) is 18.0. The number of halogens is 1. The van der Waals surface area contributed by atoms with Gasteiger partial charge in [-0.25, -0.2) is 8.42 Å². The van der Waals surface area contributed by atoms with Gasteiger partial charge in [0, 0.05) is 11.6 Å². The van der Waals surface area contributed by atoms with Gasteiger partial charge in [-0.2, -0.15) is 0 Å². The first-order valence-corrected chi connectivity index (χ1v) is 12.2. The Morgan fingerprint density at radius 1 is 0.879 bits per heavy atom. The Labute approximate surface area is 198 Å². The molecule has 0 spiro atoms. The number of nitrogens with zero attached hydrogens (tertiary/aromatic N) is 1. The van der Waals surface area contributed by atoms with E-state index in [1.165, 1.54) is 24.3 Å². The predicted octanol–water partition coefficient (Wildman–Crippen LogP) is 5.31. The van der Waals surface area contributed by atoms with Crippen LogP contribution in [0.15, 0.2) is 95.9 Å². The second-order valence-corrected chi connectivity index (χ2v) is 10.0. The van der Waals surface area contributed by atoms with Gasteiger partial charge in [-0.1, -0.05) is 71.8 Å². The van der Waals surface area contributed by atoms with E-state index < -0.39 is 15.9 Å². The molecule has 4 rings (SSSR count). The van der Waals surface area contributed by atoms with Crippen LogP contribution in [-0.2, 0) is 21.4 Å². The summed E-state index contributed by atoms with van der Waals surface area (Å²) in [6.45, 7) is 1.86. The van der Waals surface area contributed by atoms with Crippen molar-refractivity contribution in [2.24, 2.45) is 0 Å². The molecule has 4 aromatic carbocycles. The molecule has 0 heterocycles. The molecule has 1 N–H and O–H groups in total. The van der Waals surface area contributed by atoms with Crippen molar-refractivity contribution < 1.29 is 13.2 Å². The van der Waals surface area contributed by atoms with Gasteiger partial charge >= 0.3 is 0 Å². The monoisotopic (exact) mass is 478 g/mol. The summed E-state index contributed by atoms with van der Waals surface area (Å²) in [4.78, 5) is 13.0. The lowest BCUT2D eigenvalue weighted by Gasteiger charge is -2.24. The highest BCUT2D eigenvalue weighted by Crippen LogP contribution is 2.25. The number of fused-ring (bicyclic) bond motifs is 1. The van der Waals surface area contributed by atoms with Crippen LogP contribution in [0.5, 0.6) is 0 Å². The molecule has 0 saturated carbocycles. The summed E-state index contributed by atoms with van der Waals surface area (Å²) >= 11 is 5.93.